The Bertz CT molecular complexity index is 119. The Labute approximate surface area is 60.9 Å². The average Bonchev–Trinajstić information content (AvgIpc) is 2.65. The van der Waals surface area contributed by atoms with Crippen LogP contribution in [0.5, 0.6) is 0 Å². The van der Waals surface area contributed by atoms with Gasteiger partial charge in [-0.2, -0.15) is 5.43 Å². The van der Waals surface area contributed by atoms with Crippen molar-refractivity contribution < 1.29 is 10.1 Å². The third kappa shape index (κ3) is 1.02. The zero-order chi connectivity index (χ0) is 7.78. The smallest absolute Gasteiger partial charge is 0.222 e. The largest absolute Gasteiger partial charge is 0.465 e. The molecule has 0 saturated heterocycles. The summed E-state index contributed by atoms with van der Waals surface area (Å²) in [7, 11) is 3.52. The molecule has 0 aliphatic heterocycles. The maximum Gasteiger partial charge on any atom is 0.222 e. The summed E-state index contributed by atoms with van der Waals surface area (Å²) in [6.45, 7) is 0. The van der Waals surface area contributed by atoms with Gasteiger partial charge in [-0.3, -0.25) is 5.12 Å². The van der Waals surface area contributed by atoms with Crippen LogP contribution in [0.25, 0.3) is 11.7 Å². The van der Waals surface area contributed by atoms with Gasteiger partial charge >= 0.3 is 0 Å². The van der Waals surface area contributed by atoms with Crippen LogP contribution < -0.4 is 15.6 Å². The van der Waals surface area contributed by atoms with Crippen LogP contribution in [-0.2, 0) is 0 Å². The normalized spacial score (nSPS) is 27.6. The van der Waals surface area contributed by atoms with Crippen LogP contribution in [0.2, 0.25) is 0 Å². The van der Waals surface area contributed by atoms with Crippen molar-refractivity contribution in [1.82, 2.24) is 5.43 Å². The average molecular weight is 145 g/mol. The summed E-state index contributed by atoms with van der Waals surface area (Å²) in [6.07, 6.45) is 1.95. The van der Waals surface area contributed by atoms with Gasteiger partial charge < -0.3 is 16.7 Å². The SMILES string of the molecule is CN[NH+]([NH-])C1([NH+](C)[NH-])CC1. The summed E-state index contributed by atoms with van der Waals surface area (Å²) in [5, 5.41) is 1.12. The molecule has 0 bridgehead atoms. The predicted octanol–water partition coefficient (Wildman–Crippen LogP) is -2.06. The van der Waals surface area contributed by atoms with Gasteiger partial charge in [0.2, 0.25) is 5.66 Å². The molecule has 0 radical (unpaired) electrons. The lowest BCUT2D eigenvalue weighted by atomic mass is 10.5. The monoisotopic (exact) mass is 145 g/mol. The molecule has 5 N–H and O–H groups in total. The summed E-state index contributed by atoms with van der Waals surface area (Å²) in [5.41, 5.74) is 2.61. The summed E-state index contributed by atoms with van der Waals surface area (Å²) >= 11 is 0. The topological polar surface area (TPSA) is 68.5 Å². The van der Waals surface area contributed by atoms with Crippen molar-refractivity contribution in [2.24, 2.45) is 0 Å². The van der Waals surface area contributed by atoms with Crippen LogP contribution in [0.15, 0.2) is 0 Å². The number of rotatable bonds is 3. The predicted molar refractivity (Wildman–Crippen MR) is 37.5 cm³/mol. The highest BCUT2D eigenvalue weighted by molar-refractivity contribution is 4.81. The summed E-state index contributed by atoms with van der Waals surface area (Å²) < 4.78 is 0. The second kappa shape index (κ2) is 2.44. The van der Waals surface area contributed by atoms with E-state index in [0.717, 1.165) is 12.8 Å². The van der Waals surface area contributed by atoms with Crippen LogP contribution in [-0.4, -0.2) is 19.8 Å². The number of nitrogens with one attached hydrogen (secondary N) is 5. The van der Waals surface area contributed by atoms with Crippen LogP contribution in [0, 0.1) is 0 Å². The molecular formula is C5H15N5. The Hall–Kier alpha value is -0.200. The molecule has 5 nitrogen and oxygen atoms in total. The van der Waals surface area contributed by atoms with Crippen LogP contribution in [0.1, 0.15) is 12.8 Å². The molecule has 60 valence electrons. The van der Waals surface area contributed by atoms with Gasteiger partial charge in [-0.05, 0) is 0 Å². The van der Waals surface area contributed by atoms with Crippen LogP contribution in [0.4, 0.5) is 0 Å². The van der Waals surface area contributed by atoms with E-state index in [1.165, 1.54) is 0 Å². The fourth-order valence-electron chi connectivity index (χ4n) is 1.18. The Morgan fingerprint density at radius 2 is 1.90 bits per heavy atom. The first kappa shape index (κ1) is 7.90. The Morgan fingerprint density at radius 3 is 2.00 bits per heavy atom. The molecule has 1 fully saturated rings. The zero-order valence-electron chi connectivity index (χ0n) is 6.41. The molecule has 1 aliphatic carbocycles. The lowest BCUT2D eigenvalue weighted by molar-refractivity contribution is -1.11. The van der Waals surface area contributed by atoms with Gasteiger partial charge in [0.15, 0.2) is 0 Å². The van der Waals surface area contributed by atoms with E-state index >= 15 is 0 Å². The van der Waals surface area contributed by atoms with Gasteiger partial charge in [-0.25, -0.2) is 0 Å². The number of quaternary nitrogens is 2. The fraction of sp³-hybridized carbons (Fsp3) is 1.00. The quantitative estimate of drug-likeness (QED) is 0.310. The lowest BCUT2D eigenvalue weighted by Gasteiger charge is -2.35. The van der Waals surface area contributed by atoms with E-state index in [1.807, 2.05) is 0 Å². The highest BCUT2D eigenvalue weighted by Gasteiger charge is 2.54. The summed E-state index contributed by atoms with van der Waals surface area (Å²) in [4.78, 5) is 0. The van der Waals surface area contributed by atoms with Crippen molar-refractivity contribution in [3.63, 3.8) is 0 Å². The zero-order valence-corrected chi connectivity index (χ0v) is 6.41. The van der Waals surface area contributed by atoms with Crippen molar-refractivity contribution in [3.05, 3.63) is 11.7 Å². The van der Waals surface area contributed by atoms with E-state index in [1.54, 1.807) is 14.1 Å². The molecule has 10 heavy (non-hydrogen) atoms. The minimum Gasteiger partial charge on any atom is -0.465 e. The second-order valence-corrected chi connectivity index (χ2v) is 2.83. The molecule has 2 atom stereocenters. The molecule has 0 heterocycles. The first-order chi connectivity index (χ1) is 4.63. The Morgan fingerprint density at radius 1 is 1.40 bits per heavy atom. The Kier molecular flexibility index (Phi) is 1.93. The van der Waals surface area contributed by atoms with E-state index in [9.17, 15) is 0 Å². The third-order valence-electron chi connectivity index (χ3n) is 2.20. The molecule has 0 spiro atoms. The maximum absolute atomic E-state index is 7.48. The van der Waals surface area contributed by atoms with Crippen LogP contribution >= 0.6 is 0 Å². The van der Waals surface area contributed by atoms with Crippen molar-refractivity contribution in [3.8, 4) is 0 Å². The number of hydrogen-bond donors (Lipinski definition) is 3. The molecule has 0 aromatic carbocycles. The first-order valence-electron chi connectivity index (χ1n) is 3.46. The minimum atomic E-state index is -0.186. The van der Waals surface area contributed by atoms with Gasteiger partial charge in [0, 0.05) is 7.05 Å². The standard InChI is InChI=1S/C5H15N5/c1-8-10(7)5(3-4-5)9(2)6/h6-10H,3-4H2,1-2H3. The molecule has 0 aromatic heterocycles. The van der Waals surface area contributed by atoms with E-state index in [0.29, 0.717) is 10.1 Å². The third-order valence-corrected chi connectivity index (χ3v) is 2.20. The molecule has 1 rings (SSSR count). The fourth-order valence-corrected chi connectivity index (χ4v) is 1.18. The van der Waals surface area contributed by atoms with Crippen molar-refractivity contribution in [2.75, 3.05) is 14.1 Å². The number of hydrogen-bond acceptors (Lipinski definition) is 1. The van der Waals surface area contributed by atoms with E-state index < -0.39 is 0 Å². The minimum absolute atomic E-state index is 0.186. The summed E-state index contributed by atoms with van der Waals surface area (Å²) in [6, 6.07) is 0. The van der Waals surface area contributed by atoms with Gasteiger partial charge in [0.1, 0.15) is 0 Å². The molecule has 0 amide bonds. The van der Waals surface area contributed by atoms with Crippen molar-refractivity contribution in [1.29, 1.82) is 0 Å². The van der Waals surface area contributed by atoms with E-state index in [4.69, 9.17) is 11.7 Å². The first-order valence-corrected chi connectivity index (χ1v) is 3.46. The lowest BCUT2D eigenvalue weighted by Crippen LogP contribution is -3.35. The summed E-state index contributed by atoms with van der Waals surface area (Å²) in [5.74, 6) is 14.9. The van der Waals surface area contributed by atoms with E-state index in [-0.39, 0.29) is 5.66 Å². The van der Waals surface area contributed by atoms with Crippen molar-refractivity contribution in [2.45, 2.75) is 18.5 Å². The molecular weight excluding hydrogens is 130 g/mol. The highest BCUT2D eigenvalue weighted by Crippen LogP contribution is 2.24. The van der Waals surface area contributed by atoms with Crippen molar-refractivity contribution >= 4 is 0 Å². The molecule has 1 saturated carbocycles. The van der Waals surface area contributed by atoms with Gasteiger partial charge in [0.05, 0.1) is 19.9 Å². The molecule has 5 heteroatoms. The Balaban J connectivity index is 2.51. The van der Waals surface area contributed by atoms with Gasteiger partial charge in [-0.1, -0.05) is 0 Å². The van der Waals surface area contributed by atoms with E-state index in [2.05, 4.69) is 5.43 Å². The van der Waals surface area contributed by atoms with Crippen LogP contribution in [0.3, 0.4) is 0 Å². The molecule has 1 aliphatic rings. The second-order valence-electron chi connectivity index (χ2n) is 2.83. The molecule has 0 aromatic rings. The highest BCUT2D eigenvalue weighted by atomic mass is 15.8. The van der Waals surface area contributed by atoms with Gasteiger partial charge in [0.25, 0.3) is 0 Å². The van der Waals surface area contributed by atoms with Gasteiger partial charge in [-0.15, -0.1) is 0 Å². The molecule has 2 unspecified atom stereocenters. The maximum atomic E-state index is 7.48.